The summed E-state index contributed by atoms with van der Waals surface area (Å²) in [6, 6.07) is 8.01. The van der Waals surface area contributed by atoms with Crippen molar-refractivity contribution >= 4 is 23.7 Å². The van der Waals surface area contributed by atoms with Crippen molar-refractivity contribution in [3.63, 3.8) is 0 Å². The van der Waals surface area contributed by atoms with E-state index in [1.807, 2.05) is 30.0 Å². The highest BCUT2D eigenvalue weighted by molar-refractivity contribution is 8.00. The van der Waals surface area contributed by atoms with Gasteiger partial charge in [-0.25, -0.2) is 0 Å². The Labute approximate surface area is 94.2 Å². The first kappa shape index (κ1) is 10.6. The van der Waals surface area contributed by atoms with Gasteiger partial charge in [0.2, 0.25) is 0 Å². The van der Waals surface area contributed by atoms with Crippen LogP contribution in [0.15, 0.2) is 24.3 Å². The van der Waals surface area contributed by atoms with Crippen molar-refractivity contribution in [2.45, 2.75) is 18.1 Å². The van der Waals surface area contributed by atoms with Crippen LogP contribution in [0.2, 0.25) is 0 Å². The lowest BCUT2D eigenvalue weighted by molar-refractivity contribution is -0.110. The first-order chi connectivity index (χ1) is 7.28. The molecule has 1 aromatic rings. The summed E-state index contributed by atoms with van der Waals surface area (Å²) in [4.78, 5) is 10.6. The van der Waals surface area contributed by atoms with Crippen molar-refractivity contribution in [3.8, 4) is 0 Å². The highest BCUT2D eigenvalue weighted by atomic mass is 32.2. The van der Waals surface area contributed by atoms with E-state index in [-0.39, 0.29) is 5.92 Å². The molecule has 1 heterocycles. The van der Waals surface area contributed by atoms with Crippen molar-refractivity contribution in [3.05, 3.63) is 29.8 Å². The summed E-state index contributed by atoms with van der Waals surface area (Å²) in [6.07, 6.45) is 3.13. The van der Waals surface area contributed by atoms with Crippen LogP contribution in [0.3, 0.4) is 0 Å². The number of hydrogen-bond donors (Lipinski definition) is 1. The van der Waals surface area contributed by atoms with Crippen LogP contribution in [-0.2, 0) is 11.2 Å². The predicted octanol–water partition coefficient (Wildman–Crippen LogP) is 2.13. The molecular weight excluding hydrogens is 206 g/mol. The number of carbonyl (C=O) groups is 1. The summed E-state index contributed by atoms with van der Waals surface area (Å²) in [7, 11) is 0. The van der Waals surface area contributed by atoms with Gasteiger partial charge in [-0.2, -0.15) is 11.8 Å². The van der Waals surface area contributed by atoms with Gasteiger partial charge in [0, 0.05) is 22.6 Å². The molecule has 1 aliphatic rings. The van der Waals surface area contributed by atoms with E-state index < -0.39 is 0 Å². The number of carbonyl (C=O) groups excluding carboxylic acids is 1. The van der Waals surface area contributed by atoms with Gasteiger partial charge < -0.3 is 10.5 Å². The van der Waals surface area contributed by atoms with Crippen molar-refractivity contribution in [1.29, 1.82) is 0 Å². The van der Waals surface area contributed by atoms with Crippen LogP contribution >= 0.6 is 11.8 Å². The Morgan fingerprint density at radius 3 is 3.07 bits per heavy atom. The molecule has 80 valence electrons. The molecule has 0 saturated carbocycles. The molecule has 2 unspecified atom stereocenters. The zero-order chi connectivity index (χ0) is 10.7. The molecule has 1 aromatic carbocycles. The SMILES string of the molecule is Nc1cccc(CC2CC(C=O)CS2)c1. The lowest BCUT2D eigenvalue weighted by Crippen LogP contribution is -2.06. The van der Waals surface area contributed by atoms with Crippen LogP contribution in [0.1, 0.15) is 12.0 Å². The summed E-state index contributed by atoms with van der Waals surface area (Å²) in [5.41, 5.74) is 7.82. The van der Waals surface area contributed by atoms with Gasteiger partial charge in [-0.1, -0.05) is 12.1 Å². The second kappa shape index (κ2) is 4.71. The Hall–Kier alpha value is -0.960. The topological polar surface area (TPSA) is 43.1 Å². The summed E-state index contributed by atoms with van der Waals surface area (Å²) in [5, 5.41) is 0.585. The first-order valence-corrected chi connectivity index (χ1v) is 6.24. The molecule has 2 rings (SSSR count). The molecule has 0 spiro atoms. The number of aldehydes is 1. The molecule has 1 aliphatic heterocycles. The number of anilines is 1. The number of thioether (sulfide) groups is 1. The van der Waals surface area contributed by atoms with E-state index >= 15 is 0 Å². The Morgan fingerprint density at radius 1 is 1.53 bits per heavy atom. The molecule has 1 fully saturated rings. The molecule has 2 nitrogen and oxygen atoms in total. The third-order valence-corrected chi connectivity index (χ3v) is 4.17. The van der Waals surface area contributed by atoms with E-state index in [1.165, 1.54) is 5.56 Å². The molecule has 1 saturated heterocycles. The Morgan fingerprint density at radius 2 is 2.40 bits per heavy atom. The molecule has 0 radical (unpaired) electrons. The zero-order valence-electron chi connectivity index (χ0n) is 8.56. The van der Waals surface area contributed by atoms with Crippen molar-refractivity contribution in [2.75, 3.05) is 11.5 Å². The van der Waals surface area contributed by atoms with E-state index in [9.17, 15) is 4.79 Å². The first-order valence-electron chi connectivity index (χ1n) is 5.19. The molecule has 15 heavy (non-hydrogen) atoms. The Balaban J connectivity index is 1.95. The molecular formula is C12H15NOS. The van der Waals surface area contributed by atoms with Gasteiger partial charge in [-0.05, 0) is 30.5 Å². The number of nitrogen functional groups attached to an aromatic ring is 1. The third-order valence-electron chi connectivity index (χ3n) is 2.72. The quantitative estimate of drug-likeness (QED) is 0.628. The Kier molecular flexibility index (Phi) is 3.31. The average molecular weight is 221 g/mol. The maximum Gasteiger partial charge on any atom is 0.123 e. The van der Waals surface area contributed by atoms with E-state index in [2.05, 4.69) is 6.07 Å². The van der Waals surface area contributed by atoms with Crippen LogP contribution < -0.4 is 5.73 Å². The maximum atomic E-state index is 10.6. The van der Waals surface area contributed by atoms with E-state index in [4.69, 9.17) is 5.73 Å². The Bertz CT molecular complexity index is 353. The van der Waals surface area contributed by atoms with Gasteiger partial charge >= 0.3 is 0 Å². The minimum absolute atomic E-state index is 0.265. The molecule has 0 amide bonds. The molecule has 2 atom stereocenters. The summed E-state index contributed by atoms with van der Waals surface area (Å²) >= 11 is 1.90. The maximum absolute atomic E-state index is 10.6. The van der Waals surface area contributed by atoms with Gasteiger partial charge in [-0.15, -0.1) is 0 Å². The monoisotopic (exact) mass is 221 g/mol. The largest absolute Gasteiger partial charge is 0.399 e. The van der Waals surface area contributed by atoms with Gasteiger partial charge in [0.1, 0.15) is 6.29 Å². The smallest absolute Gasteiger partial charge is 0.123 e. The standard InChI is InChI=1S/C12H15NOS/c13-11-3-1-2-9(4-11)5-12-6-10(7-14)8-15-12/h1-4,7,10,12H,5-6,8,13H2. The minimum Gasteiger partial charge on any atom is -0.399 e. The fourth-order valence-corrected chi connectivity index (χ4v) is 3.38. The third kappa shape index (κ3) is 2.75. The van der Waals surface area contributed by atoms with Crippen LogP contribution in [-0.4, -0.2) is 17.3 Å². The second-order valence-electron chi connectivity index (χ2n) is 4.04. The number of rotatable bonds is 3. The summed E-state index contributed by atoms with van der Waals surface area (Å²) in [6.45, 7) is 0. The van der Waals surface area contributed by atoms with Crippen molar-refractivity contribution < 1.29 is 4.79 Å². The molecule has 2 N–H and O–H groups in total. The van der Waals surface area contributed by atoms with Crippen LogP contribution in [0.5, 0.6) is 0 Å². The zero-order valence-corrected chi connectivity index (χ0v) is 9.37. The summed E-state index contributed by atoms with van der Waals surface area (Å²) in [5.74, 6) is 1.25. The molecule has 3 heteroatoms. The van der Waals surface area contributed by atoms with Gasteiger partial charge in [0.15, 0.2) is 0 Å². The highest BCUT2D eigenvalue weighted by Gasteiger charge is 2.24. The fraction of sp³-hybridized carbons (Fsp3) is 0.417. The van der Waals surface area contributed by atoms with Gasteiger partial charge in [0.05, 0.1) is 0 Å². The van der Waals surface area contributed by atoms with E-state index in [1.54, 1.807) is 0 Å². The predicted molar refractivity (Wildman–Crippen MR) is 65.0 cm³/mol. The normalized spacial score (nSPS) is 25.3. The number of benzene rings is 1. The molecule has 0 aromatic heterocycles. The lowest BCUT2D eigenvalue weighted by Gasteiger charge is -2.08. The van der Waals surface area contributed by atoms with E-state index in [0.717, 1.165) is 30.6 Å². The molecule has 0 aliphatic carbocycles. The van der Waals surface area contributed by atoms with Crippen molar-refractivity contribution in [1.82, 2.24) is 0 Å². The highest BCUT2D eigenvalue weighted by Crippen LogP contribution is 2.32. The lowest BCUT2D eigenvalue weighted by atomic mass is 10.0. The van der Waals surface area contributed by atoms with Gasteiger partial charge in [0.25, 0.3) is 0 Å². The molecule has 0 bridgehead atoms. The van der Waals surface area contributed by atoms with Crippen LogP contribution in [0.25, 0.3) is 0 Å². The summed E-state index contributed by atoms with van der Waals surface area (Å²) < 4.78 is 0. The van der Waals surface area contributed by atoms with Crippen molar-refractivity contribution in [2.24, 2.45) is 5.92 Å². The number of nitrogens with two attached hydrogens (primary N) is 1. The number of hydrogen-bond acceptors (Lipinski definition) is 3. The second-order valence-corrected chi connectivity index (χ2v) is 5.37. The van der Waals surface area contributed by atoms with E-state index in [0.29, 0.717) is 5.25 Å². The van der Waals surface area contributed by atoms with Gasteiger partial charge in [-0.3, -0.25) is 0 Å². The minimum atomic E-state index is 0.265. The van der Waals surface area contributed by atoms with Crippen LogP contribution in [0, 0.1) is 5.92 Å². The van der Waals surface area contributed by atoms with Crippen LogP contribution in [0.4, 0.5) is 5.69 Å². The average Bonchev–Trinajstić information content (AvgIpc) is 2.65. The fourth-order valence-electron chi connectivity index (χ4n) is 1.95.